The van der Waals surface area contributed by atoms with Crippen LogP contribution in [0.4, 0.5) is 0 Å². The Balaban J connectivity index is 3.20. The van der Waals surface area contributed by atoms with E-state index in [1.807, 2.05) is 0 Å². The molecule has 0 spiro atoms. The molecule has 0 bridgehead atoms. The zero-order valence-corrected chi connectivity index (χ0v) is 20.6. The minimum absolute atomic E-state index is 0.383. The molecule has 0 aromatic heterocycles. The molecule has 1 atom stereocenters. The van der Waals surface area contributed by atoms with Gasteiger partial charge >= 0.3 is 8.80 Å². The van der Waals surface area contributed by atoms with E-state index in [9.17, 15) is 0 Å². The summed E-state index contributed by atoms with van der Waals surface area (Å²) in [7, 11) is -4.59. The van der Waals surface area contributed by atoms with Crippen LogP contribution in [0, 0.1) is 0 Å². The van der Waals surface area contributed by atoms with E-state index in [0.29, 0.717) is 25.0 Å². The average Bonchev–Trinajstić information content (AvgIpc) is 2.65. The highest BCUT2D eigenvalue weighted by atomic mass is 28.4. The Hall–Kier alpha value is -0.466. The molecule has 0 aliphatic carbocycles. The van der Waals surface area contributed by atoms with Gasteiger partial charge in [0, 0.05) is 25.0 Å². The maximum Gasteiger partial charge on any atom is 0.501 e. The Morgan fingerprint density at radius 3 is 1.74 bits per heavy atom. The molecule has 0 fully saturated rings. The number of hydrogen-bond donors (Lipinski definition) is 0. The molecule has 0 amide bonds. The van der Waals surface area contributed by atoms with Crippen LogP contribution in [0.15, 0.2) is 30.3 Å². The van der Waals surface area contributed by atoms with E-state index in [0.717, 1.165) is 6.42 Å². The quantitative estimate of drug-likeness (QED) is 0.265. The van der Waals surface area contributed by atoms with Gasteiger partial charge in [0.25, 0.3) is 0 Å². The van der Waals surface area contributed by atoms with E-state index in [1.165, 1.54) is 37.3 Å². The average molecular weight is 411 g/mol. The number of rotatable bonds is 15. The molecule has 1 aromatic carbocycles. The molecule has 0 saturated carbocycles. The van der Waals surface area contributed by atoms with E-state index >= 15 is 0 Å². The second-order valence-electron chi connectivity index (χ2n) is 7.75. The summed E-state index contributed by atoms with van der Waals surface area (Å²) in [5, 5.41) is 1.86. The van der Waals surface area contributed by atoms with E-state index in [2.05, 4.69) is 71.1 Å². The summed E-state index contributed by atoms with van der Waals surface area (Å²) in [5.41, 5.74) is 0. The third-order valence-corrected chi connectivity index (χ3v) is 15.7. The number of unbranched alkanes of at least 4 members (excludes halogenated alkanes) is 4. The van der Waals surface area contributed by atoms with Gasteiger partial charge in [-0.25, -0.2) is 0 Å². The van der Waals surface area contributed by atoms with Crippen molar-refractivity contribution in [1.82, 2.24) is 0 Å². The van der Waals surface area contributed by atoms with Crippen LogP contribution in [0.2, 0.25) is 18.3 Å². The minimum atomic E-state index is -2.75. The molecular weight excluding hydrogens is 368 g/mol. The summed E-state index contributed by atoms with van der Waals surface area (Å²) in [6, 6.07) is 11.0. The van der Waals surface area contributed by atoms with E-state index in [4.69, 9.17) is 13.3 Å². The molecule has 0 aliphatic rings. The maximum atomic E-state index is 6.39. The lowest BCUT2D eigenvalue weighted by atomic mass is 10.1. The molecule has 3 nitrogen and oxygen atoms in total. The standard InChI is InChI=1S/C22H42O3Si2/c1-7-11-12-13-17-20-22(26(5,6)21-18-15-14-16-19-21)27(23-8-2,24-9-3)25-10-4/h14-16,18-19,22H,7-13,17,20H2,1-6H3. The van der Waals surface area contributed by atoms with Gasteiger partial charge in [-0.1, -0.05) is 87.6 Å². The Morgan fingerprint density at radius 1 is 0.741 bits per heavy atom. The van der Waals surface area contributed by atoms with E-state index in [1.54, 1.807) is 0 Å². The molecule has 5 heteroatoms. The van der Waals surface area contributed by atoms with Crippen LogP contribution >= 0.6 is 0 Å². The van der Waals surface area contributed by atoms with Gasteiger partial charge < -0.3 is 13.3 Å². The normalized spacial score (nSPS) is 13.7. The number of hydrogen-bond acceptors (Lipinski definition) is 3. The fourth-order valence-corrected chi connectivity index (χ4v) is 13.8. The molecular formula is C22H42O3Si2. The Kier molecular flexibility index (Phi) is 11.7. The second-order valence-corrected chi connectivity index (χ2v) is 15.8. The summed E-state index contributed by atoms with van der Waals surface area (Å²) in [6.07, 6.45) is 7.60. The van der Waals surface area contributed by atoms with Gasteiger partial charge in [-0.05, 0) is 27.2 Å². The van der Waals surface area contributed by atoms with Crippen LogP contribution < -0.4 is 5.19 Å². The van der Waals surface area contributed by atoms with E-state index < -0.39 is 16.9 Å². The van der Waals surface area contributed by atoms with Gasteiger partial charge in [-0.2, -0.15) is 0 Å². The first-order valence-corrected chi connectivity index (χ1v) is 15.8. The summed E-state index contributed by atoms with van der Waals surface area (Å²) in [5.74, 6) is 0. The topological polar surface area (TPSA) is 27.7 Å². The Bertz CT molecular complexity index is 477. The van der Waals surface area contributed by atoms with Crippen LogP contribution in [0.5, 0.6) is 0 Å². The fraction of sp³-hybridized carbons (Fsp3) is 0.727. The first-order valence-electron chi connectivity index (χ1n) is 11.0. The van der Waals surface area contributed by atoms with Crippen LogP contribution in [-0.4, -0.2) is 36.7 Å². The van der Waals surface area contributed by atoms with Crippen LogP contribution in [-0.2, 0) is 13.3 Å². The zero-order chi connectivity index (χ0) is 20.2. The summed E-state index contributed by atoms with van der Waals surface area (Å²) in [4.78, 5) is 0. The van der Waals surface area contributed by atoms with Crippen LogP contribution in [0.3, 0.4) is 0 Å². The zero-order valence-electron chi connectivity index (χ0n) is 18.6. The van der Waals surface area contributed by atoms with Crippen molar-refractivity contribution in [2.45, 2.75) is 84.5 Å². The Labute approximate surface area is 170 Å². The lowest BCUT2D eigenvalue weighted by Crippen LogP contribution is -2.62. The van der Waals surface area contributed by atoms with Gasteiger partial charge in [0.1, 0.15) is 0 Å². The third-order valence-electron chi connectivity index (χ3n) is 5.45. The van der Waals surface area contributed by atoms with Crippen LogP contribution in [0.25, 0.3) is 0 Å². The van der Waals surface area contributed by atoms with Gasteiger partial charge in [0.05, 0.1) is 8.07 Å². The molecule has 0 heterocycles. The van der Waals surface area contributed by atoms with E-state index in [-0.39, 0.29) is 0 Å². The molecule has 0 aliphatic heterocycles. The lowest BCUT2D eigenvalue weighted by Gasteiger charge is -2.43. The maximum absolute atomic E-state index is 6.39. The Morgan fingerprint density at radius 2 is 1.26 bits per heavy atom. The smallest absolute Gasteiger partial charge is 0.374 e. The summed E-state index contributed by atoms with van der Waals surface area (Å²) in [6.45, 7) is 15.4. The molecule has 27 heavy (non-hydrogen) atoms. The summed E-state index contributed by atoms with van der Waals surface area (Å²) < 4.78 is 19.2. The monoisotopic (exact) mass is 410 g/mol. The molecule has 1 rings (SSSR count). The predicted molar refractivity (Wildman–Crippen MR) is 121 cm³/mol. The van der Waals surface area contributed by atoms with Crippen molar-refractivity contribution in [3.8, 4) is 0 Å². The van der Waals surface area contributed by atoms with Crippen molar-refractivity contribution in [3.63, 3.8) is 0 Å². The van der Waals surface area contributed by atoms with Crippen molar-refractivity contribution < 1.29 is 13.3 Å². The first-order chi connectivity index (χ1) is 13.0. The summed E-state index contributed by atoms with van der Waals surface area (Å²) >= 11 is 0. The van der Waals surface area contributed by atoms with Crippen molar-refractivity contribution in [2.24, 2.45) is 0 Å². The molecule has 156 valence electrons. The fourth-order valence-electron chi connectivity index (χ4n) is 4.03. The first kappa shape index (κ1) is 24.6. The predicted octanol–water partition coefficient (Wildman–Crippen LogP) is 5.92. The van der Waals surface area contributed by atoms with Crippen molar-refractivity contribution in [2.75, 3.05) is 19.8 Å². The minimum Gasteiger partial charge on any atom is -0.374 e. The van der Waals surface area contributed by atoms with Gasteiger partial charge in [0.2, 0.25) is 0 Å². The van der Waals surface area contributed by atoms with Crippen LogP contribution in [0.1, 0.15) is 66.2 Å². The second kappa shape index (κ2) is 12.9. The van der Waals surface area contributed by atoms with Crippen molar-refractivity contribution >= 4 is 22.1 Å². The highest BCUT2D eigenvalue weighted by Gasteiger charge is 2.56. The molecule has 0 saturated heterocycles. The molecule has 1 aromatic rings. The van der Waals surface area contributed by atoms with Gasteiger partial charge in [-0.15, -0.1) is 0 Å². The SMILES string of the molecule is CCCCCCCC([Si](OCC)(OCC)OCC)[Si](C)(C)c1ccccc1. The third kappa shape index (κ3) is 7.13. The number of benzene rings is 1. The van der Waals surface area contributed by atoms with Gasteiger partial charge in [-0.3, -0.25) is 0 Å². The highest BCUT2D eigenvalue weighted by molar-refractivity contribution is 6.99. The highest BCUT2D eigenvalue weighted by Crippen LogP contribution is 2.39. The molecule has 0 N–H and O–H groups in total. The largest absolute Gasteiger partial charge is 0.501 e. The molecule has 1 unspecified atom stereocenters. The van der Waals surface area contributed by atoms with Gasteiger partial charge in [0.15, 0.2) is 0 Å². The molecule has 0 radical (unpaired) electrons. The van der Waals surface area contributed by atoms with Crippen molar-refractivity contribution in [3.05, 3.63) is 30.3 Å². The van der Waals surface area contributed by atoms with Crippen molar-refractivity contribution in [1.29, 1.82) is 0 Å². The lowest BCUT2D eigenvalue weighted by molar-refractivity contribution is 0.0662.